The van der Waals surface area contributed by atoms with Gasteiger partial charge in [-0.05, 0) is 26.3 Å². The highest BCUT2D eigenvalue weighted by atomic mass is 16.5. The fraction of sp³-hybridized carbons (Fsp3) is 0.200. The van der Waals surface area contributed by atoms with E-state index in [1.54, 1.807) is 6.92 Å². The lowest BCUT2D eigenvalue weighted by Gasteiger charge is -2.14. The molecule has 0 bridgehead atoms. The topological polar surface area (TPSA) is 55.1 Å². The molecule has 4 heteroatoms. The first-order chi connectivity index (χ1) is 11.6. The number of amides is 1. The Hall–Kier alpha value is -2.88. The lowest BCUT2D eigenvalue weighted by Crippen LogP contribution is -2.27. The molecule has 2 aromatic carbocycles. The maximum absolute atomic E-state index is 12.8. The number of aryl methyl sites for hydroxylation is 2. The molecule has 0 aliphatic rings. The second kappa shape index (κ2) is 6.71. The van der Waals surface area contributed by atoms with E-state index in [0.29, 0.717) is 17.0 Å². The number of hydrogen-bond acceptors (Lipinski definition) is 3. The van der Waals surface area contributed by atoms with Crippen LogP contribution in [0.4, 0.5) is 0 Å². The third-order valence-electron chi connectivity index (χ3n) is 4.06. The molecule has 0 saturated heterocycles. The average molecular weight is 320 g/mol. The van der Waals surface area contributed by atoms with Gasteiger partial charge in [0.05, 0.1) is 6.04 Å². The highest BCUT2D eigenvalue weighted by Crippen LogP contribution is 2.25. The van der Waals surface area contributed by atoms with Gasteiger partial charge >= 0.3 is 0 Å². The van der Waals surface area contributed by atoms with Crippen LogP contribution in [0.1, 0.15) is 40.2 Å². The summed E-state index contributed by atoms with van der Waals surface area (Å²) in [6.07, 6.45) is 0. The molecule has 0 aliphatic heterocycles. The standard InChI is InChI=1S/C20H20N2O2/c1-13-9-11-16(12-10-13)14(2)21-20(23)18-15(3)24-22-19(18)17-7-5-4-6-8-17/h4-12,14H,1-3H3,(H,21,23)/t14-/m1/s1. The first kappa shape index (κ1) is 16.0. The summed E-state index contributed by atoms with van der Waals surface area (Å²) in [6, 6.07) is 17.6. The molecule has 0 fully saturated rings. The highest BCUT2D eigenvalue weighted by Gasteiger charge is 2.22. The fourth-order valence-electron chi connectivity index (χ4n) is 2.64. The van der Waals surface area contributed by atoms with E-state index >= 15 is 0 Å². The van der Waals surface area contributed by atoms with Crippen molar-refractivity contribution in [2.24, 2.45) is 0 Å². The van der Waals surface area contributed by atoms with E-state index in [9.17, 15) is 4.79 Å². The second-order valence-electron chi connectivity index (χ2n) is 5.93. The highest BCUT2D eigenvalue weighted by molar-refractivity contribution is 6.00. The maximum atomic E-state index is 12.8. The molecule has 1 N–H and O–H groups in total. The van der Waals surface area contributed by atoms with Crippen LogP contribution in [-0.4, -0.2) is 11.1 Å². The monoisotopic (exact) mass is 320 g/mol. The van der Waals surface area contributed by atoms with E-state index in [1.165, 1.54) is 5.56 Å². The molecule has 24 heavy (non-hydrogen) atoms. The van der Waals surface area contributed by atoms with Crippen LogP contribution in [0.15, 0.2) is 59.1 Å². The van der Waals surface area contributed by atoms with Gasteiger partial charge in [-0.1, -0.05) is 65.3 Å². The first-order valence-corrected chi connectivity index (χ1v) is 7.95. The molecule has 0 aliphatic carbocycles. The van der Waals surface area contributed by atoms with Crippen molar-refractivity contribution >= 4 is 5.91 Å². The van der Waals surface area contributed by atoms with Gasteiger partial charge in [0.15, 0.2) is 0 Å². The Bertz CT molecular complexity index is 836. The minimum Gasteiger partial charge on any atom is -0.360 e. The van der Waals surface area contributed by atoms with Crippen molar-refractivity contribution in [2.75, 3.05) is 0 Å². The zero-order valence-electron chi connectivity index (χ0n) is 14.0. The van der Waals surface area contributed by atoms with E-state index in [-0.39, 0.29) is 11.9 Å². The minimum atomic E-state index is -0.180. The van der Waals surface area contributed by atoms with Gasteiger partial charge in [-0.15, -0.1) is 0 Å². The summed E-state index contributed by atoms with van der Waals surface area (Å²) < 4.78 is 5.26. The molecule has 1 aromatic heterocycles. The van der Waals surface area contributed by atoms with Crippen molar-refractivity contribution in [1.29, 1.82) is 0 Å². The predicted molar refractivity (Wildman–Crippen MR) is 93.7 cm³/mol. The molecule has 0 spiro atoms. The van der Waals surface area contributed by atoms with Gasteiger partial charge in [-0.3, -0.25) is 4.79 Å². The van der Waals surface area contributed by atoms with Gasteiger partial charge in [0, 0.05) is 5.56 Å². The molecule has 122 valence electrons. The normalized spacial score (nSPS) is 12.0. The molecule has 3 rings (SSSR count). The molecule has 3 aromatic rings. The summed E-state index contributed by atoms with van der Waals surface area (Å²) in [5.41, 5.74) is 4.17. The van der Waals surface area contributed by atoms with Gasteiger partial charge < -0.3 is 9.84 Å². The number of aromatic nitrogens is 1. The van der Waals surface area contributed by atoms with Gasteiger partial charge in [-0.2, -0.15) is 0 Å². The van der Waals surface area contributed by atoms with Crippen LogP contribution >= 0.6 is 0 Å². The van der Waals surface area contributed by atoms with E-state index in [0.717, 1.165) is 11.1 Å². The fourth-order valence-corrected chi connectivity index (χ4v) is 2.64. The molecular formula is C20H20N2O2. The smallest absolute Gasteiger partial charge is 0.257 e. The quantitative estimate of drug-likeness (QED) is 0.772. The Morgan fingerprint density at radius 2 is 1.71 bits per heavy atom. The van der Waals surface area contributed by atoms with Crippen molar-refractivity contribution < 1.29 is 9.32 Å². The maximum Gasteiger partial charge on any atom is 0.257 e. The Kier molecular flexibility index (Phi) is 4.47. The minimum absolute atomic E-state index is 0.101. The van der Waals surface area contributed by atoms with Crippen LogP contribution in [0.25, 0.3) is 11.3 Å². The first-order valence-electron chi connectivity index (χ1n) is 7.95. The number of nitrogens with one attached hydrogen (secondary N) is 1. The van der Waals surface area contributed by atoms with Crippen LogP contribution in [-0.2, 0) is 0 Å². The average Bonchev–Trinajstić information content (AvgIpc) is 2.98. The summed E-state index contributed by atoms with van der Waals surface area (Å²) in [4.78, 5) is 12.8. The molecule has 1 atom stereocenters. The summed E-state index contributed by atoms with van der Waals surface area (Å²) in [5.74, 6) is 0.336. The van der Waals surface area contributed by atoms with Crippen LogP contribution in [0, 0.1) is 13.8 Å². The number of rotatable bonds is 4. The van der Waals surface area contributed by atoms with E-state index in [2.05, 4.69) is 10.5 Å². The van der Waals surface area contributed by atoms with E-state index in [1.807, 2.05) is 68.4 Å². The van der Waals surface area contributed by atoms with Crippen LogP contribution in [0.2, 0.25) is 0 Å². The zero-order valence-corrected chi connectivity index (χ0v) is 14.0. The number of carbonyl (C=O) groups excluding carboxylic acids is 1. The van der Waals surface area contributed by atoms with Gasteiger partial charge in [0.1, 0.15) is 17.0 Å². The lowest BCUT2D eigenvalue weighted by atomic mass is 10.0. The van der Waals surface area contributed by atoms with Gasteiger partial charge in [0.2, 0.25) is 0 Å². The Morgan fingerprint density at radius 1 is 1.04 bits per heavy atom. The summed E-state index contributed by atoms with van der Waals surface area (Å²) in [6.45, 7) is 5.76. The molecule has 0 radical (unpaired) electrons. The largest absolute Gasteiger partial charge is 0.360 e. The molecule has 0 saturated carbocycles. The number of carbonyl (C=O) groups is 1. The number of nitrogens with zero attached hydrogens (tertiary/aromatic N) is 1. The second-order valence-corrected chi connectivity index (χ2v) is 5.93. The van der Waals surface area contributed by atoms with Crippen LogP contribution in [0.5, 0.6) is 0 Å². The molecule has 1 heterocycles. The van der Waals surface area contributed by atoms with Crippen molar-refractivity contribution in [3.63, 3.8) is 0 Å². The van der Waals surface area contributed by atoms with Gasteiger partial charge in [0.25, 0.3) is 5.91 Å². The molecule has 0 unspecified atom stereocenters. The Morgan fingerprint density at radius 3 is 2.38 bits per heavy atom. The zero-order chi connectivity index (χ0) is 17.1. The summed E-state index contributed by atoms with van der Waals surface area (Å²) in [5, 5.41) is 7.09. The third kappa shape index (κ3) is 3.23. The summed E-state index contributed by atoms with van der Waals surface area (Å²) >= 11 is 0. The summed E-state index contributed by atoms with van der Waals surface area (Å²) in [7, 11) is 0. The van der Waals surface area contributed by atoms with E-state index in [4.69, 9.17) is 4.52 Å². The lowest BCUT2D eigenvalue weighted by molar-refractivity contribution is 0.0939. The third-order valence-corrected chi connectivity index (χ3v) is 4.06. The predicted octanol–water partition coefficient (Wildman–Crippen LogP) is 4.45. The van der Waals surface area contributed by atoms with Crippen molar-refractivity contribution in [2.45, 2.75) is 26.8 Å². The van der Waals surface area contributed by atoms with Crippen molar-refractivity contribution in [3.8, 4) is 11.3 Å². The number of hydrogen-bond donors (Lipinski definition) is 1. The molecule has 1 amide bonds. The van der Waals surface area contributed by atoms with Crippen LogP contribution < -0.4 is 5.32 Å². The van der Waals surface area contributed by atoms with Gasteiger partial charge in [-0.25, -0.2) is 0 Å². The van der Waals surface area contributed by atoms with Crippen molar-refractivity contribution in [1.82, 2.24) is 10.5 Å². The number of benzene rings is 2. The molecular weight excluding hydrogens is 300 g/mol. The Balaban J connectivity index is 1.85. The van der Waals surface area contributed by atoms with Crippen LogP contribution in [0.3, 0.4) is 0 Å². The molecule has 4 nitrogen and oxygen atoms in total. The Labute approximate surface area is 141 Å². The van der Waals surface area contributed by atoms with E-state index < -0.39 is 0 Å². The SMILES string of the molecule is Cc1ccc([C@@H](C)NC(=O)c2c(-c3ccccc3)noc2C)cc1. The van der Waals surface area contributed by atoms with Crippen molar-refractivity contribution in [3.05, 3.63) is 77.0 Å².